The second-order valence-electron chi connectivity index (χ2n) is 11.0. The highest BCUT2D eigenvalue weighted by atomic mass is 16.5. The van der Waals surface area contributed by atoms with E-state index in [4.69, 9.17) is 4.74 Å². The minimum atomic E-state index is -0.333. The molecule has 4 nitrogen and oxygen atoms in total. The summed E-state index contributed by atoms with van der Waals surface area (Å²) in [5, 5.41) is 6.67. The molecule has 4 heteroatoms. The molecule has 2 aromatic rings. The molecule has 174 valence electrons. The van der Waals surface area contributed by atoms with Gasteiger partial charge in [0.25, 0.3) is 0 Å². The van der Waals surface area contributed by atoms with E-state index in [0.29, 0.717) is 6.61 Å². The number of alkyl carbamates (subject to hydrolysis) is 1. The van der Waals surface area contributed by atoms with Crippen LogP contribution in [0.4, 0.5) is 4.79 Å². The van der Waals surface area contributed by atoms with Gasteiger partial charge in [-0.15, -0.1) is 0 Å². The Morgan fingerprint density at radius 1 is 0.938 bits per heavy atom. The van der Waals surface area contributed by atoms with Gasteiger partial charge in [0.15, 0.2) is 0 Å². The van der Waals surface area contributed by atoms with Crippen molar-refractivity contribution in [3.63, 3.8) is 0 Å². The van der Waals surface area contributed by atoms with Gasteiger partial charge < -0.3 is 15.4 Å². The Labute approximate surface area is 194 Å². The van der Waals surface area contributed by atoms with Gasteiger partial charge in [0.1, 0.15) is 0 Å². The average molecular weight is 437 g/mol. The van der Waals surface area contributed by atoms with Crippen LogP contribution in [-0.2, 0) is 15.6 Å². The predicted octanol–water partition coefficient (Wildman–Crippen LogP) is 5.89. The van der Waals surface area contributed by atoms with Gasteiger partial charge in [-0.05, 0) is 46.4 Å². The predicted molar refractivity (Wildman–Crippen MR) is 132 cm³/mol. The maximum atomic E-state index is 11.9. The summed E-state index contributed by atoms with van der Waals surface area (Å²) in [4.78, 5) is 11.9. The Kier molecular flexibility index (Phi) is 7.34. The molecule has 0 aromatic heterocycles. The molecule has 2 atom stereocenters. The van der Waals surface area contributed by atoms with Gasteiger partial charge in [0.2, 0.25) is 0 Å². The van der Waals surface area contributed by atoms with Crippen molar-refractivity contribution in [3.8, 4) is 0 Å². The Morgan fingerprint density at radius 3 is 1.81 bits per heavy atom. The number of carbonyl (C=O) groups excluding carboxylic acids is 1. The molecular weight excluding hydrogens is 396 g/mol. The van der Waals surface area contributed by atoms with Gasteiger partial charge >= 0.3 is 6.09 Å². The van der Waals surface area contributed by atoms with Crippen molar-refractivity contribution < 1.29 is 9.53 Å². The second kappa shape index (κ2) is 9.66. The lowest BCUT2D eigenvalue weighted by atomic mass is 9.80. The molecule has 1 amide bonds. The Morgan fingerprint density at radius 2 is 1.41 bits per heavy atom. The van der Waals surface area contributed by atoms with Crippen LogP contribution in [0.25, 0.3) is 0 Å². The molecule has 1 aliphatic heterocycles. The minimum Gasteiger partial charge on any atom is -0.450 e. The molecule has 0 spiro atoms. The maximum absolute atomic E-state index is 11.9. The highest BCUT2D eigenvalue weighted by molar-refractivity contribution is 5.67. The molecule has 0 bridgehead atoms. The SMILES string of the molecule is CCOC(=O)N[C@H]1CN[C@@H](C(c2ccc(C(C)(C)C)cc2)c2ccc(C(C)(C)C)cc2)C1. The standard InChI is InChI=1S/C28H40N2O2/c1-8-32-26(31)30-23-17-24(29-18-23)25(19-9-13-21(14-10-19)27(2,3)4)20-11-15-22(16-12-20)28(5,6)7/h9-16,23-25,29H,8,17-18H2,1-7H3,(H,30,31)/t23-,24-/m1/s1. The third kappa shape index (κ3) is 5.92. The fourth-order valence-electron chi connectivity index (χ4n) is 4.51. The van der Waals surface area contributed by atoms with E-state index in [0.717, 1.165) is 13.0 Å². The van der Waals surface area contributed by atoms with E-state index in [1.54, 1.807) is 0 Å². The number of benzene rings is 2. The molecule has 3 rings (SSSR count). The number of ether oxygens (including phenoxy) is 1. The Bertz CT molecular complexity index is 832. The molecule has 0 unspecified atom stereocenters. The first-order valence-electron chi connectivity index (χ1n) is 11.9. The highest BCUT2D eigenvalue weighted by Gasteiger charge is 2.33. The fraction of sp³-hybridized carbons (Fsp3) is 0.536. The van der Waals surface area contributed by atoms with Crippen LogP contribution < -0.4 is 10.6 Å². The summed E-state index contributed by atoms with van der Waals surface area (Å²) < 4.78 is 5.08. The molecule has 2 N–H and O–H groups in total. The number of hydrogen-bond acceptors (Lipinski definition) is 3. The zero-order valence-electron chi connectivity index (χ0n) is 20.8. The summed E-state index contributed by atoms with van der Waals surface area (Å²) in [5.41, 5.74) is 5.53. The van der Waals surface area contributed by atoms with E-state index in [2.05, 4.69) is 101 Å². The molecule has 2 aromatic carbocycles. The Balaban J connectivity index is 1.89. The smallest absolute Gasteiger partial charge is 0.407 e. The lowest BCUT2D eigenvalue weighted by molar-refractivity contribution is 0.148. The van der Waals surface area contributed by atoms with Crippen LogP contribution in [0.3, 0.4) is 0 Å². The monoisotopic (exact) mass is 436 g/mol. The van der Waals surface area contributed by atoms with Crippen molar-refractivity contribution in [1.82, 2.24) is 10.6 Å². The molecule has 32 heavy (non-hydrogen) atoms. The van der Waals surface area contributed by atoms with Crippen LogP contribution in [-0.4, -0.2) is 31.3 Å². The second-order valence-corrected chi connectivity index (χ2v) is 11.0. The first-order chi connectivity index (χ1) is 15.0. The zero-order chi connectivity index (χ0) is 23.5. The van der Waals surface area contributed by atoms with Crippen molar-refractivity contribution in [2.45, 2.75) is 83.7 Å². The van der Waals surface area contributed by atoms with Crippen LogP contribution in [0.1, 0.15) is 83.1 Å². The number of rotatable bonds is 5. The summed E-state index contributed by atoms with van der Waals surface area (Å²) >= 11 is 0. The van der Waals surface area contributed by atoms with Gasteiger partial charge in [0.05, 0.1) is 6.61 Å². The molecular formula is C28H40N2O2. The van der Waals surface area contributed by atoms with Gasteiger partial charge in [-0.1, -0.05) is 90.1 Å². The molecule has 1 saturated heterocycles. The van der Waals surface area contributed by atoms with Crippen LogP contribution in [0, 0.1) is 0 Å². The Hall–Kier alpha value is -2.33. The average Bonchev–Trinajstić information content (AvgIpc) is 3.15. The van der Waals surface area contributed by atoms with E-state index >= 15 is 0 Å². The molecule has 1 aliphatic rings. The van der Waals surface area contributed by atoms with Crippen LogP contribution >= 0.6 is 0 Å². The molecule has 1 fully saturated rings. The number of nitrogens with one attached hydrogen (secondary N) is 2. The van der Waals surface area contributed by atoms with E-state index in [1.807, 2.05) is 6.92 Å². The molecule has 1 heterocycles. The normalized spacial score (nSPS) is 19.2. The van der Waals surface area contributed by atoms with Crippen molar-refractivity contribution in [2.75, 3.05) is 13.2 Å². The summed E-state index contributed by atoms with van der Waals surface area (Å²) in [6.07, 6.45) is 0.534. The third-order valence-corrected chi connectivity index (χ3v) is 6.44. The van der Waals surface area contributed by atoms with Gasteiger partial charge in [-0.2, -0.15) is 0 Å². The number of hydrogen-bond donors (Lipinski definition) is 2. The summed E-state index contributed by atoms with van der Waals surface area (Å²) in [5.74, 6) is 0.215. The lowest BCUT2D eigenvalue weighted by Gasteiger charge is -2.27. The van der Waals surface area contributed by atoms with Crippen molar-refractivity contribution in [3.05, 3.63) is 70.8 Å². The summed E-state index contributed by atoms with van der Waals surface area (Å²) in [6.45, 7) is 16.4. The molecule has 0 radical (unpaired) electrons. The minimum absolute atomic E-state index is 0.0734. The summed E-state index contributed by atoms with van der Waals surface area (Å²) in [6, 6.07) is 18.4. The zero-order valence-corrected chi connectivity index (χ0v) is 20.8. The van der Waals surface area contributed by atoms with E-state index < -0.39 is 0 Å². The molecule has 0 saturated carbocycles. The van der Waals surface area contributed by atoms with Gasteiger partial charge in [-0.25, -0.2) is 4.79 Å². The lowest BCUT2D eigenvalue weighted by Crippen LogP contribution is -2.36. The highest BCUT2D eigenvalue weighted by Crippen LogP contribution is 2.35. The fourth-order valence-corrected chi connectivity index (χ4v) is 4.51. The van der Waals surface area contributed by atoms with Gasteiger partial charge in [0, 0.05) is 24.5 Å². The van der Waals surface area contributed by atoms with Crippen molar-refractivity contribution >= 4 is 6.09 Å². The first-order valence-corrected chi connectivity index (χ1v) is 11.9. The van der Waals surface area contributed by atoms with Crippen molar-refractivity contribution in [2.24, 2.45) is 0 Å². The largest absolute Gasteiger partial charge is 0.450 e. The first kappa shape index (κ1) is 24.3. The van der Waals surface area contributed by atoms with Gasteiger partial charge in [-0.3, -0.25) is 0 Å². The van der Waals surface area contributed by atoms with E-state index in [9.17, 15) is 4.79 Å². The summed E-state index contributed by atoms with van der Waals surface area (Å²) in [7, 11) is 0. The quantitative estimate of drug-likeness (QED) is 0.614. The molecule has 0 aliphatic carbocycles. The maximum Gasteiger partial charge on any atom is 0.407 e. The van der Waals surface area contributed by atoms with Crippen molar-refractivity contribution in [1.29, 1.82) is 0 Å². The van der Waals surface area contributed by atoms with Crippen LogP contribution in [0.2, 0.25) is 0 Å². The van der Waals surface area contributed by atoms with Crippen LogP contribution in [0.15, 0.2) is 48.5 Å². The third-order valence-electron chi connectivity index (χ3n) is 6.44. The van der Waals surface area contributed by atoms with E-state index in [-0.39, 0.29) is 34.9 Å². The van der Waals surface area contributed by atoms with Crippen LogP contribution in [0.5, 0.6) is 0 Å². The topological polar surface area (TPSA) is 50.4 Å². The van der Waals surface area contributed by atoms with E-state index in [1.165, 1.54) is 22.3 Å². The number of carbonyl (C=O) groups is 1. The number of amides is 1.